The topological polar surface area (TPSA) is 46.3 Å². The summed E-state index contributed by atoms with van der Waals surface area (Å²) in [7, 11) is 1.82. The van der Waals surface area contributed by atoms with Crippen molar-refractivity contribution in [2.75, 3.05) is 18.5 Å². The molecule has 1 heterocycles. The molecule has 1 unspecified atom stereocenters. The highest BCUT2D eigenvalue weighted by Gasteiger charge is 2.33. The Hall–Kier alpha value is -1.35. The Balaban J connectivity index is 2.42. The number of anilines is 1. The molecule has 1 aromatic carbocycles. The van der Waals surface area contributed by atoms with Crippen molar-refractivity contribution in [3.63, 3.8) is 0 Å². The second-order valence-corrected chi connectivity index (χ2v) is 3.59. The smallest absolute Gasteiger partial charge is 0.234 e. The van der Waals surface area contributed by atoms with E-state index in [1.165, 1.54) is 0 Å². The lowest BCUT2D eigenvalue weighted by Gasteiger charge is -2.09. The van der Waals surface area contributed by atoms with E-state index in [4.69, 9.17) is 5.73 Å². The molecule has 1 aliphatic heterocycles. The fourth-order valence-corrected chi connectivity index (χ4v) is 2.02. The van der Waals surface area contributed by atoms with Gasteiger partial charge in [0, 0.05) is 12.7 Å². The molecule has 1 aliphatic rings. The van der Waals surface area contributed by atoms with Gasteiger partial charge < -0.3 is 10.6 Å². The molecule has 0 bridgehead atoms. The van der Waals surface area contributed by atoms with Crippen LogP contribution in [0, 0.1) is 0 Å². The predicted octanol–water partition coefficient (Wildman–Crippen LogP) is 1.10. The Bertz CT molecular complexity index is 362. The van der Waals surface area contributed by atoms with Gasteiger partial charge in [-0.25, -0.2) is 0 Å². The molecule has 0 aliphatic carbocycles. The van der Waals surface area contributed by atoms with Crippen LogP contribution in [0.1, 0.15) is 17.9 Å². The van der Waals surface area contributed by atoms with Crippen LogP contribution in [0.3, 0.4) is 0 Å². The molecule has 14 heavy (non-hydrogen) atoms. The lowest BCUT2D eigenvalue weighted by molar-refractivity contribution is -0.119. The SMILES string of the molecule is CN1C(=O)C(CCN)c2ccccc21. The number of likely N-dealkylation sites (N-methyl/N-ethyl adjacent to an activating group) is 1. The van der Waals surface area contributed by atoms with Crippen LogP contribution in [0.25, 0.3) is 0 Å². The van der Waals surface area contributed by atoms with Gasteiger partial charge in [-0.1, -0.05) is 18.2 Å². The van der Waals surface area contributed by atoms with Gasteiger partial charge in [-0.2, -0.15) is 0 Å². The molecule has 2 rings (SSSR count). The van der Waals surface area contributed by atoms with Crippen molar-refractivity contribution in [2.45, 2.75) is 12.3 Å². The van der Waals surface area contributed by atoms with Crippen LogP contribution < -0.4 is 10.6 Å². The van der Waals surface area contributed by atoms with Gasteiger partial charge in [0.15, 0.2) is 0 Å². The average molecular weight is 190 g/mol. The first-order valence-corrected chi connectivity index (χ1v) is 4.82. The molecule has 0 saturated heterocycles. The van der Waals surface area contributed by atoms with Gasteiger partial charge in [-0.15, -0.1) is 0 Å². The Morgan fingerprint density at radius 1 is 1.43 bits per heavy atom. The first-order chi connectivity index (χ1) is 6.75. The number of amides is 1. The summed E-state index contributed by atoms with van der Waals surface area (Å²) in [6.07, 6.45) is 0.736. The summed E-state index contributed by atoms with van der Waals surface area (Å²) in [5, 5.41) is 0. The van der Waals surface area contributed by atoms with Crippen molar-refractivity contribution in [3.8, 4) is 0 Å². The third kappa shape index (κ3) is 1.21. The summed E-state index contributed by atoms with van der Waals surface area (Å²) >= 11 is 0. The number of hydrogen-bond donors (Lipinski definition) is 1. The number of rotatable bonds is 2. The summed E-state index contributed by atoms with van der Waals surface area (Å²) in [4.78, 5) is 13.5. The van der Waals surface area contributed by atoms with Gasteiger partial charge in [0.1, 0.15) is 0 Å². The molecule has 0 saturated carbocycles. The molecule has 3 nitrogen and oxygen atoms in total. The standard InChI is InChI=1S/C11H14N2O/c1-13-10-5-3-2-4-8(10)9(6-7-12)11(13)14/h2-5,9H,6-7,12H2,1H3. The molecule has 2 N–H and O–H groups in total. The van der Waals surface area contributed by atoms with Crippen molar-refractivity contribution in [2.24, 2.45) is 5.73 Å². The van der Waals surface area contributed by atoms with E-state index in [2.05, 4.69) is 0 Å². The minimum atomic E-state index is -0.0267. The van der Waals surface area contributed by atoms with E-state index in [9.17, 15) is 4.79 Å². The number of benzene rings is 1. The number of carbonyl (C=O) groups is 1. The molecular weight excluding hydrogens is 176 g/mol. The van der Waals surface area contributed by atoms with Crippen molar-refractivity contribution in [1.82, 2.24) is 0 Å². The minimum absolute atomic E-state index is 0.0267. The van der Waals surface area contributed by atoms with E-state index < -0.39 is 0 Å². The summed E-state index contributed by atoms with van der Waals surface area (Å²) in [5.41, 5.74) is 7.64. The number of fused-ring (bicyclic) bond motifs is 1. The summed E-state index contributed by atoms with van der Waals surface area (Å²) in [5.74, 6) is 0.137. The van der Waals surface area contributed by atoms with Gasteiger partial charge in [0.05, 0.1) is 5.92 Å². The summed E-state index contributed by atoms with van der Waals surface area (Å²) in [6, 6.07) is 7.91. The molecule has 0 fully saturated rings. The Kier molecular flexibility index (Phi) is 2.25. The fraction of sp³-hybridized carbons (Fsp3) is 0.364. The van der Waals surface area contributed by atoms with E-state index >= 15 is 0 Å². The number of hydrogen-bond acceptors (Lipinski definition) is 2. The molecule has 74 valence electrons. The molecule has 0 spiro atoms. The van der Waals surface area contributed by atoms with Gasteiger partial charge in [0.25, 0.3) is 0 Å². The highest BCUT2D eigenvalue weighted by atomic mass is 16.2. The Labute approximate surface area is 83.5 Å². The summed E-state index contributed by atoms with van der Waals surface area (Å²) < 4.78 is 0. The zero-order chi connectivity index (χ0) is 10.1. The molecule has 0 aromatic heterocycles. The third-order valence-corrected chi connectivity index (χ3v) is 2.76. The molecule has 1 amide bonds. The Morgan fingerprint density at radius 2 is 2.14 bits per heavy atom. The maximum absolute atomic E-state index is 11.8. The number of nitrogens with zero attached hydrogens (tertiary/aromatic N) is 1. The van der Waals surface area contributed by atoms with E-state index in [-0.39, 0.29) is 11.8 Å². The first kappa shape index (κ1) is 9.21. The maximum Gasteiger partial charge on any atom is 0.234 e. The quantitative estimate of drug-likeness (QED) is 0.759. The van der Waals surface area contributed by atoms with E-state index in [0.29, 0.717) is 6.54 Å². The van der Waals surface area contributed by atoms with Crippen LogP contribution in [0.15, 0.2) is 24.3 Å². The molecule has 3 heteroatoms. The van der Waals surface area contributed by atoms with Crippen molar-refractivity contribution < 1.29 is 4.79 Å². The zero-order valence-electron chi connectivity index (χ0n) is 8.23. The average Bonchev–Trinajstić information content (AvgIpc) is 2.45. The molecule has 1 aromatic rings. The lowest BCUT2D eigenvalue weighted by Crippen LogP contribution is -2.25. The maximum atomic E-state index is 11.8. The largest absolute Gasteiger partial charge is 0.330 e. The van der Waals surface area contributed by atoms with Crippen molar-refractivity contribution in [1.29, 1.82) is 0 Å². The molecule has 1 atom stereocenters. The number of nitrogens with two attached hydrogens (primary N) is 1. The summed E-state index contributed by atoms with van der Waals surface area (Å²) in [6.45, 7) is 0.554. The predicted molar refractivity (Wildman–Crippen MR) is 56.3 cm³/mol. The monoisotopic (exact) mass is 190 g/mol. The van der Waals surface area contributed by atoms with Crippen molar-refractivity contribution >= 4 is 11.6 Å². The normalized spacial score (nSPS) is 20.0. The van der Waals surface area contributed by atoms with Crippen LogP contribution in [0.2, 0.25) is 0 Å². The van der Waals surface area contributed by atoms with Gasteiger partial charge in [-0.05, 0) is 24.6 Å². The minimum Gasteiger partial charge on any atom is -0.330 e. The van der Waals surface area contributed by atoms with E-state index in [1.54, 1.807) is 4.90 Å². The highest BCUT2D eigenvalue weighted by Crippen LogP contribution is 2.37. The van der Waals surface area contributed by atoms with E-state index in [1.807, 2.05) is 31.3 Å². The van der Waals surface area contributed by atoms with Crippen LogP contribution >= 0.6 is 0 Å². The van der Waals surface area contributed by atoms with Gasteiger partial charge in [0.2, 0.25) is 5.91 Å². The molecule has 0 radical (unpaired) electrons. The number of para-hydroxylation sites is 1. The third-order valence-electron chi connectivity index (χ3n) is 2.76. The number of carbonyl (C=O) groups excluding carboxylic acids is 1. The fourth-order valence-electron chi connectivity index (χ4n) is 2.02. The first-order valence-electron chi connectivity index (χ1n) is 4.82. The van der Waals surface area contributed by atoms with Crippen LogP contribution in [-0.2, 0) is 4.79 Å². The van der Waals surface area contributed by atoms with Gasteiger partial charge >= 0.3 is 0 Å². The zero-order valence-corrected chi connectivity index (χ0v) is 8.23. The second kappa shape index (κ2) is 3.42. The van der Waals surface area contributed by atoms with Crippen LogP contribution in [0.4, 0.5) is 5.69 Å². The Morgan fingerprint density at radius 3 is 2.86 bits per heavy atom. The second-order valence-electron chi connectivity index (χ2n) is 3.59. The van der Waals surface area contributed by atoms with Crippen LogP contribution in [0.5, 0.6) is 0 Å². The molecular formula is C11H14N2O. The lowest BCUT2D eigenvalue weighted by atomic mass is 9.97. The van der Waals surface area contributed by atoms with E-state index in [0.717, 1.165) is 17.7 Å². The van der Waals surface area contributed by atoms with Gasteiger partial charge in [-0.3, -0.25) is 4.79 Å². The highest BCUT2D eigenvalue weighted by molar-refractivity contribution is 6.04. The van der Waals surface area contributed by atoms with Crippen molar-refractivity contribution in [3.05, 3.63) is 29.8 Å². The van der Waals surface area contributed by atoms with Crippen LogP contribution in [-0.4, -0.2) is 19.5 Å².